The van der Waals surface area contributed by atoms with E-state index in [4.69, 9.17) is 5.11 Å². The number of hydrogen-bond donors (Lipinski definition) is 1. The Morgan fingerprint density at radius 3 is 2.46 bits per heavy atom. The number of aliphatic hydroxyl groups excluding tert-OH is 1. The Hall–Kier alpha value is -1.45. The highest BCUT2D eigenvalue weighted by Crippen LogP contribution is 2.32. The summed E-state index contributed by atoms with van der Waals surface area (Å²) >= 11 is 0. The second-order valence-electron chi connectivity index (χ2n) is 6.22. The number of likely N-dealkylation sites (tertiary alicyclic amines) is 1. The van der Waals surface area contributed by atoms with Crippen LogP contribution in [0.15, 0.2) is 35.2 Å². The first kappa shape index (κ1) is 20.9. The zero-order chi connectivity index (χ0) is 19.4. The number of alkyl halides is 3. The fraction of sp³-hybridized carbons (Fsp3) is 0.529. The Morgan fingerprint density at radius 2 is 1.88 bits per heavy atom. The van der Waals surface area contributed by atoms with Gasteiger partial charge in [-0.1, -0.05) is 18.2 Å². The lowest BCUT2D eigenvalue weighted by Gasteiger charge is -2.32. The molecule has 0 aliphatic carbocycles. The number of allylic oxidation sites excluding steroid dienone is 1. The SMILES string of the molecule is O=S(=O)(CC=CC(F)(F)F)c1cccc(C2CCN(CCO)CC2)c1F. The van der Waals surface area contributed by atoms with Crippen molar-refractivity contribution in [2.24, 2.45) is 0 Å². The minimum atomic E-state index is -4.61. The highest BCUT2D eigenvalue weighted by molar-refractivity contribution is 7.91. The molecule has 0 amide bonds. The average molecular weight is 395 g/mol. The lowest BCUT2D eigenvalue weighted by molar-refractivity contribution is -0.0799. The normalized spacial score (nSPS) is 17.9. The number of rotatable bonds is 6. The van der Waals surface area contributed by atoms with Crippen molar-refractivity contribution in [1.82, 2.24) is 4.90 Å². The Morgan fingerprint density at radius 1 is 1.23 bits per heavy atom. The zero-order valence-corrected chi connectivity index (χ0v) is 14.9. The van der Waals surface area contributed by atoms with E-state index in [0.29, 0.717) is 38.6 Å². The molecular formula is C17H21F4NO3S. The molecule has 9 heteroatoms. The molecule has 0 spiro atoms. The summed E-state index contributed by atoms with van der Waals surface area (Å²) in [4.78, 5) is 1.47. The summed E-state index contributed by atoms with van der Waals surface area (Å²) in [6.45, 7) is 1.90. The first-order valence-corrected chi connectivity index (χ1v) is 9.88. The van der Waals surface area contributed by atoms with Crippen molar-refractivity contribution in [1.29, 1.82) is 0 Å². The van der Waals surface area contributed by atoms with Crippen LogP contribution in [0.25, 0.3) is 0 Å². The van der Waals surface area contributed by atoms with Crippen LogP contribution in [0.1, 0.15) is 24.3 Å². The number of hydrogen-bond acceptors (Lipinski definition) is 4. The predicted octanol–water partition coefficient (Wildman–Crippen LogP) is 2.89. The number of sulfone groups is 1. The molecule has 146 valence electrons. The van der Waals surface area contributed by atoms with Gasteiger partial charge in [-0.05, 0) is 43.5 Å². The van der Waals surface area contributed by atoms with E-state index in [9.17, 15) is 26.0 Å². The fourth-order valence-corrected chi connectivity index (χ4v) is 4.30. The topological polar surface area (TPSA) is 57.6 Å². The summed E-state index contributed by atoms with van der Waals surface area (Å²) < 4.78 is 75.6. The van der Waals surface area contributed by atoms with Gasteiger partial charge in [0, 0.05) is 12.6 Å². The molecule has 1 aromatic carbocycles. The third kappa shape index (κ3) is 5.52. The van der Waals surface area contributed by atoms with Crippen LogP contribution in [0.3, 0.4) is 0 Å². The van der Waals surface area contributed by atoms with Crippen LogP contribution in [0.4, 0.5) is 17.6 Å². The van der Waals surface area contributed by atoms with Gasteiger partial charge >= 0.3 is 6.18 Å². The average Bonchev–Trinajstić information content (AvgIpc) is 2.54. The maximum Gasteiger partial charge on any atom is 0.409 e. The third-order valence-electron chi connectivity index (χ3n) is 4.39. The van der Waals surface area contributed by atoms with E-state index in [2.05, 4.69) is 0 Å². The molecule has 4 nitrogen and oxygen atoms in total. The molecular weight excluding hydrogens is 374 g/mol. The summed E-state index contributed by atoms with van der Waals surface area (Å²) in [5.74, 6) is -1.96. The van der Waals surface area contributed by atoms with E-state index in [0.717, 1.165) is 6.07 Å². The van der Waals surface area contributed by atoms with Crippen molar-refractivity contribution in [3.05, 3.63) is 41.7 Å². The van der Waals surface area contributed by atoms with E-state index in [1.54, 1.807) is 0 Å². The van der Waals surface area contributed by atoms with Gasteiger partial charge < -0.3 is 10.0 Å². The molecule has 1 aliphatic heterocycles. The fourth-order valence-electron chi connectivity index (χ4n) is 3.09. The molecule has 0 bridgehead atoms. The number of aliphatic hydroxyl groups is 1. The maximum absolute atomic E-state index is 14.8. The minimum absolute atomic E-state index is 0.0399. The van der Waals surface area contributed by atoms with Crippen molar-refractivity contribution in [2.45, 2.75) is 29.8 Å². The van der Waals surface area contributed by atoms with Gasteiger partial charge in [0.2, 0.25) is 0 Å². The van der Waals surface area contributed by atoms with E-state index in [1.165, 1.54) is 12.1 Å². The van der Waals surface area contributed by atoms with Gasteiger partial charge in [-0.25, -0.2) is 12.8 Å². The summed E-state index contributed by atoms with van der Waals surface area (Å²) in [7, 11) is -4.20. The van der Waals surface area contributed by atoms with Crippen LogP contribution < -0.4 is 0 Å². The first-order valence-electron chi connectivity index (χ1n) is 8.23. The number of benzene rings is 1. The van der Waals surface area contributed by atoms with E-state index in [-0.39, 0.29) is 24.2 Å². The lowest BCUT2D eigenvalue weighted by Crippen LogP contribution is -2.35. The molecule has 1 N–H and O–H groups in total. The molecule has 0 unspecified atom stereocenters. The van der Waals surface area contributed by atoms with Gasteiger partial charge in [-0.3, -0.25) is 0 Å². The lowest BCUT2D eigenvalue weighted by atomic mass is 9.89. The van der Waals surface area contributed by atoms with Crippen molar-refractivity contribution in [2.75, 3.05) is 32.0 Å². The number of piperidine rings is 1. The first-order chi connectivity index (χ1) is 12.1. The third-order valence-corrected chi connectivity index (χ3v) is 6.01. The predicted molar refractivity (Wildman–Crippen MR) is 89.1 cm³/mol. The van der Waals surface area contributed by atoms with Crippen LogP contribution in [-0.4, -0.2) is 56.6 Å². The van der Waals surface area contributed by atoms with Crippen molar-refractivity contribution < 1.29 is 31.1 Å². The largest absolute Gasteiger partial charge is 0.409 e. The van der Waals surface area contributed by atoms with Gasteiger partial charge in [0.1, 0.15) is 10.7 Å². The number of halogens is 4. The standard InChI is InChI=1S/C17H21F4NO3S/c18-16-14(13-5-8-22(9-6-13)10-11-23)3-1-4-15(16)26(24,25)12-2-7-17(19,20)21/h1-4,7,13,23H,5-6,8-12H2. The highest BCUT2D eigenvalue weighted by Gasteiger charge is 2.27. The van der Waals surface area contributed by atoms with E-state index >= 15 is 0 Å². The quantitative estimate of drug-likeness (QED) is 0.595. The monoisotopic (exact) mass is 395 g/mol. The van der Waals surface area contributed by atoms with Crippen molar-refractivity contribution in [3.8, 4) is 0 Å². The second kappa shape index (κ2) is 8.49. The highest BCUT2D eigenvalue weighted by atomic mass is 32.2. The van der Waals surface area contributed by atoms with Gasteiger partial charge in [0.25, 0.3) is 0 Å². The van der Waals surface area contributed by atoms with Crippen LogP contribution in [-0.2, 0) is 9.84 Å². The molecule has 1 saturated heterocycles. The van der Waals surface area contributed by atoms with Gasteiger partial charge in [0.05, 0.1) is 12.4 Å². The molecule has 1 aliphatic rings. The number of β-amino-alcohol motifs (C(OH)–C–C–N with tert-alkyl or cyclic N) is 1. The zero-order valence-electron chi connectivity index (χ0n) is 14.0. The second-order valence-corrected chi connectivity index (χ2v) is 8.23. The summed E-state index contributed by atoms with van der Waals surface area (Å²) in [6.07, 6.45) is -3.06. The maximum atomic E-state index is 14.8. The number of nitrogens with zero attached hydrogens (tertiary/aromatic N) is 1. The van der Waals surface area contributed by atoms with Crippen molar-refractivity contribution >= 4 is 9.84 Å². The summed E-state index contributed by atoms with van der Waals surface area (Å²) in [5, 5.41) is 8.95. The Labute approximate surface area is 150 Å². The Bertz CT molecular complexity index is 739. The van der Waals surface area contributed by atoms with E-state index in [1.807, 2.05) is 4.90 Å². The van der Waals surface area contributed by atoms with Crippen LogP contribution in [0, 0.1) is 5.82 Å². The molecule has 1 aromatic rings. The van der Waals surface area contributed by atoms with Crippen LogP contribution in [0.2, 0.25) is 0 Å². The molecule has 26 heavy (non-hydrogen) atoms. The molecule has 2 rings (SSSR count). The molecule has 0 aromatic heterocycles. The minimum Gasteiger partial charge on any atom is -0.395 e. The van der Waals surface area contributed by atoms with E-state index < -0.39 is 32.5 Å². The van der Waals surface area contributed by atoms with Gasteiger partial charge in [-0.2, -0.15) is 13.2 Å². The van der Waals surface area contributed by atoms with Gasteiger partial charge in [-0.15, -0.1) is 0 Å². The summed E-state index contributed by atoms with van der Waals surface area (Å²) in [5.41, 5.74) is 0.273. The van der Waals surface area contributed by atoms with Gasteiger partial charge in [0.15, 0.2) is 9.84 Å². The Kier molecular flexibility index (Phi) is 6.81. The smallest absolute Gasteiger partial charge is 0.395 e. The Balaban J connectivity index is 2.17. The molecule has 0 radical (unpaired) electrons. The molecule has 1 heterocycles. The molecule has 0 saturated carbocycles. The van der Waals surface area contributed by atoms with Crippen molar-refractivity contribution in [3.63, 3.8) is 0 Å². The molecule has 1 fully saturated rings. The van der Waals surface area contributed by atoms with Crippen LogP contribution >= 0.6 is 0 Å². The van der Waals surface area contributed by atoms with Crippen LogP contribution in [0.5, 0.6) is 0 Å². The molecule has 0 atom stereocenters. The summed E-state index contributed by atoms with van der Waals surface area (Å²) in [6, 6.07) is 4.02.